The second-order valence-corrected chi connectivity index (χ2v) is 5.49. The number of allylic oxidation sites excluding steroid dienone is 2. The van der Waals surface area contributed by atoms with Gasteiger partial charge in [0, 0.05) is 0 Å². The van der Waals surface area contributed by atoms with Crippen molar-refractivity contribution in [2.24, 2.45) is 11.3 Å². The normalized spacial score (nSPS) is 26.6. The van der Waals surface area contributed by atoms with Gasteiger partial charge in [0.25, 0.3) is 0 Å². The molecule has 0 aromatic heterocycles. The molecule has 1 aliphatic rings. The molecule has 0 N–H and O–H groups in total. The SMILES string of the molecule is CC(=O)/C=C1/CCCCC1C(C)(C)C. The first-order valence-corrected chi connectivity index (χ1v) is 5.62. The third-order valence-corrected chi connectivity index (χ3v) is 3.09. The molecular weight excluding hydrogens is 172 g/mol. The zero-order chi connectivity index (χ0) is 10.8. The Labute approximate surface area is 87.6 Å². The predicted molar refractivity (Wildman–Crippen MR) is 60.2 cm³/mol. The highest BCUT2D eigenvalue weighted by molar-refractivity contribution is 5.88. The second-order valence-electron chi connectivity index (χ2n) is 5.49. The molecule has 1 nitrogen and oxygen atoms in total. The van der Waals surface area contributed by atoms with E-state index in [-0.39, 0.29) is 5.78 Å². The highest BCUT2D eigenvalue weighted by atomic mass is 16.1. The van der Waals surface area contributed by atoms with E-state index in [1.54, 1.807) is 6.92 Å². The molecule has 0 aromatic carbocycles. The monoisotopic (exact) mass is 194 g/mol. The maximum atomic E-state index is 11.1. The van der Waals surface area contributed by atoms with Gasteiger partial charge in [-0.3, -0.25) is 4.79 Å². The summed E-state index contributed by atoms with van der Waals surface area (Å²) in [5, 5.41) is 0. The second kappa shape index (κ2) is 4.29. The van der Waals surface area contributed by atoms with Crippen molar-refractivity contribution in [2.75, 3.05) is 0 Å². The van der Waals surface area contributed by atoms with E-state index in [9.17, 15) is 4.79 Å². The van der Waals surface area contributed by atoms with Crippen LogP contribution in [0.3, 0.4) is 0 Å². The van der Waals surface area contributed by atoms with E-state index in [1.165, 1.54) is 24.8 Å². The van der Waals surface area contributed by atoms with E-state index in [0.717, 1.165) is 6.42 Å². The standard InChI is InChI=1S/C13H22O/c1-10(14)9-11-7-5-6-8-12(11)13(2,3)4/h9,12H,5-8H2,1-4H3/b11-9-. The molecule has 14 heavy (non-hydrogen) atoms. The van der Waals surface area contributed by atoms with Crippen LogP contribution in [-0.4, -0.2) is 5.78 Å². The Morgan fingerprint density at radius 2 is 2.00 bits per heavy atom. The summed E-state index contributed by atoms with van der Waals surface area (Å²) in [4.78, 5) is 11.1. The van der Waals surface area contributed by atoms with Gasteiger partial charge in [0.15, 0.2) is 5.78 Å². The van der Waals surface area contributed by atoms with Crippen LogP contribution in [0, 0.1) is 11.3 Å². The molecule has 1 atom stereocenters. The molecule has 1 fully saturated rings. The molecule has 0 amide bonds. The van der Waals surface area contributed by atoms with Gasteiger partial charge in [-0.25, -0.2) is 0 Å². The molecule has 0 aromatic rings. The summed E-state index contributed by atoms with van der Waals surface area (Å²) < 4.78 is 0. The first-order valence-electron chi connectivity index (χ1n) is 5.62. The van der Waals surface area contributed by atoms with Crippen LogP contribution in [0.15, 0.2) is 11.6 Å². The molecule has 0 heterocycles. The highest BCUT2D eigenvalue weighted by Crippen LogP contribution is 2.41. The van der Waals surface area contributed by atoms with Gasteiger partial charge >= 0.3 is 0 Å². The Morgan fingerprint density at radius 3 is 2.50 bits per heavy atom. The smallest absolute Gasteiger partial charge is 0.152 e. The third kappa shape index (κ3) is 2.97. The summed E-state index contributed by atoms with van der Waals surface area (Å²) >= 11 is 0. The van der Waals surface area contributed by atoms with Crippen LogP contribution < -0.4 is 0 Å². The van der Waals surface area contributed by atoms with Gasteiger partial charge in [-0.1, -0.05) is 32.8 Å². The summed E-state index contributed by atoms with van der Waals surface area (Å²) in [5.74, 6) is 0.816. The molecule has 1 rings (SSSR count). The minimum absolute atomic E-state index is 0.205. The summed E-state index contributed by atoms with van der Waals surface area (Å²) in [7, 11) is 0. The lowest BCUT2D eigenvalue weighted by atomic mass is 9.69. The molecule has 0 spiro atoms. The quantitative estimate of drug-likeness (QED) is 0.581. The summed E-state index contributed by atoms with van der Waals surface area (Å²) in [6, 6.07) is 0. The van der Waals surface area contributed by atoms with Crippen molar-refractivity contribution in [3.05, 3.63) is 11.6 Å². The molecule has 0 radical (unpaired) electrons. The fraction of sp³-hybridized carbons (Fsp3) is 0.769. The summed E-state index contributed by atoms with van der Waals surface area (Å²) in [6.07, 6.45) is 6.82. The van der Waals surface area contributed by atoms with Crippen LogP contribution in [0.1, 0.15) is 53.4 Å². The van der Waals surface area contributed by atoms with Gasteiger partial charge in [-0.2, -0.15) is 0 Å². The fourth-order valence-electron chi connectivity index (χ4n) is 2.46. The van der Waals surface area contributed by atoms with E-state index < -0.39 is 0 Å². The van der Waals surface area contributed by atoms with Gasteiger partial charge in [-0.05, 0) is 43.6 Å². The van der Waals surface area contributed by atoms with Gasteiger partial charge in [0.05, 0.1) is 0 Å². The third-order valence-electron chi connectivity index (χ3n) is 3.09. The zero-order valence-electron chi connectivity index (χ0n) is 9.89. The molecule has 1 unspecified atom stereocenters. The average molecular weight is 194 g/mol. The molecular formula is C13H22O. The van der Waals surface area contributed by atoms with Crippen molar-refractivity contribution in [1.29, 1.82) is 0 Å². The molecule has 0 saturated heterocycles. The Kier molecular flexibility index (Phi) is 3.52. The molecule has 1 aliphatic carbocycles. The van der Waals surface area contributed by atoms with Crippen LogP contribution in [0.4, 0.5) is 0 Å². The van der Waals surface area contributed by atoms with E-state index in [1.807, 2.05) is 6.08 Å². The van der Waals surface area contributed by atoms with Crippen LogP contribution in [-0.2, 0) is 4.79 Å². The Bertz CT molecular complexity index is 242. The van der Waals surface area contributed by atoms with Crippen LogP contribution in [0.2, 0.25) is 0 Å². The maximum absolute atomic E-state index is 11.1. The highest BCUT2D eigenvalue weighted by Gasteiger charge is 2.29. The molecule has 0 bridgehead atoms. The maximum Gasteiger partial charge on any atom is 0.152 e. The van der Waals surface area contributed by atoms with E-state index >= 15 is 0 Å². The van der Waals surface area contributed by atoms with Crippen molar-refractivity contribution in [2.45, 2.75) is 53.4 Å². The molecule has 1 heteroatoms. The summed E-state index contributed by atoms with van der Waals surface area (Å²) in [5.41, 5.74) is 1.69. The lowest BCUT2D eigenvalue weighted by Crippen LogP contribution is -2.25. The Morgan fingerprint density at radius 1 is 1.36 bits per heavy atom. The van der Waals surface area contributed by atoms with Gasteiger partial charge < -0.3 is 0 Å². The van der Waals surface area contributed by atoms with E-state index in [0.29, 0.717) is 11.3 Å². The average Bonchev–Trinajstić information content (AvgIpc) is 2.01. The molecule has 0 aliphatic heterocycles. The van der Waals surface area contributed by atoms with Crippen molar-refractivity contribution in [3.8, 4) is 0 Å². The van der Waals surface area contributed by atoms with Crippen LogP contribution >= 0.6 is 0 Å². The number of carbonyl (C=O) groups excluding carboxylic acids is 1. The van der Waals surface area contributed by atoms with Gasteiger partial charge in [-0.15, -0.1) is 0 Å². The first-order chi connectivity index (χ1) is 6.41. The number of ketones is 1. The minimum atomic E-state index is 0.205. The Balaban J connectivity index is 2.84. The number of carbonyl (C=O) groups is 1. The molecule has 1 saturated carbocycles. The predicted octanol–water partition coefficient (Wildman–Crippen LogP) is 3.74. The van der Waals surface area contributed by atoms with Crippen molar-refractivity contribution in [3.63, 3.8) is 0 Å². The van der Waals surface area contributed by atoms with Crippen molar-refractivity contribution in [1.82, 2.24) is 0 Å². The van der Waals surface area contributed by atoms with Crippen LogP contribution in [0.25, 0.3) is 0 Å². The van der Waals surface area contributed by atoms with Crippen molar-refractivity contribution >= 4 is 5.78 Å². The minimum Gasteiger partial charge on any atom is -0.295 e. The largest absolute Gasteiger partial charge is 0.295 e. The van der Waals surface area contributed by atoms with Crippen LogP contribution in [0.5, 0.6) is 0 Å². The number of rotatable bonds is 1. The Hall–Kier alpha value is -0.590. The lowest BCUT2D eigenvalue weighted by Gasteiger charge is -2.36. The fourth-order valence-corrected chi connectivity index (χ4v) is 2.46. The first kappa shape index (κ1) is 11.5. The topological polar surface area (TPSA) is 17.1 Å². The van der Waals surface area contributed by atoms with Gasteiger partial charge in [0.1, 0.15) is 0 Å². The van der Waals surface area contributed by atoms with Gasteiger partial charge in [0.2, 0.25) is 0 Å². The number of hydrogen-bond donors (Lipinski definition) is 0. The summed E-state index contributed by atoms with van der Waals surface area (Å²) in [6.45, 7) is 8.48. The zero-order valence-corrected chi connectivity index (χ0v) is 9.89. The van der Waals surface area contributed by atoms with Crippen molar-refractivity contribution < 1.29 is 4.79 Å². The number of hydrogen-bond acceptors (Lipinski definition) is 1. The molecule has 80 valence electrons. The van der Waals surface area contributed by atoms with E-state index in [2.05, 4.69) is 20.8 Å². The van der Waals surface area contributed by atoms with E-state index in [4.69, 9.17) is 0 Å². The lowest BCUT2D eigenvalue weighted by molar-refractivity contribution is -0.112.